The van der Waals surface area contributed by atoms with Crippen molar-refractivity contribution in [3.8, 4) is 5.75 Å². The molecule has 0 radical (unpaired) electrons. The average Bonchev–Trinajstić information content (AvgIpc) is 2.95. The zero-order chi connectivity index (χ0) is 15.5. The van der Waals surface area contributed by atoms with Crippen LogP contribution in [-0.4, -0.2) is 24.3 Å². The highest BCUT2D eigenvalue weighted by atomic mass is 32.2. The number of amides is 1. The van der Waals surface area contributed by atoms with Gasteiger partial charge in [-0.1, -0.05) is 23.5 Å². The Morgan fingerprint density at radius 2 is 2.09 bits per heavy atom. The van der Waals surface area contributed by atoms with Crippen LogP contribution in [0.1, 0.15) is 10.4 Å². The fraction of sp³-hybridized carbons (Fsp3) is 0.125. The second kappa shape index (κ2) is 6.37. The Morgan fingerprint density at radius 3 is 2.86 bits per heavy atom. The van der Waals surface area contributed by atoms with Crippen LogP contribution in [0.3, 0.4) is 0 Å². The number of hydrogen-bond acceptors (Lipinski definition) is 5. The molecule has 0 unspecified atom stereocenters. The molecule has 0 aliphatic rings. The lowest BCUT2D eigenvalue weighted by molar-refractivity contribution is 0.102. The third kappa shape index (κ3) is 2.93. The van der Waals surface area contributed by atoms with Crippen LogP contribution in [0.5, 0.6) is 5.75 Å². The Balaban J connectivity index is 1.87. The number of carbonyl (C=O) groups excluding carboxylic acids is 1. The summed E-state index contributed by atoms with van der Waals surface area (Å²) in [6, 6.07) is 13.2. The van der Waals surface area contributed by atoms with Gasteiger partial charge in [0.05, 0.1) is 22.9 Å². The summed E-state index contributed by atoms with van der Waals surface area (Å²) in [5.74, 6) is 0.637. The third-order valence-corrected chi connectivity index (χ3v) is 4.90. The van der Waals surface area contributed by atoms with Gasteiger partial charge in [0, 0.05) is 4.90 Å². The Hall–Kier alpha value is -2.05. The SMILES string of the molecule is COc1ccc2nc(NC(=O)c3ccccc3SC)sc2c1. The first-order valence-electron chi connectivity index (χ1n) is 6.60. The molecule has 0 saturated heterocycles. The number of hydrogen-bond donors (Lipinski definition) is 1. The Morgan fingerprint density at radius 1 is 1.27 bits per heavy atom. The molecule has 2 aromatic carbocycles. The van der Waals surface area contributed by atoms with Gasteiger partial charge in [-0.05, 0) is 36.6 Å². The van der Waals surface area contributed by atoms with E-state index < -0.39 is 0 Å². The molecule has 1 N–H and O–H groups in total. The minimum atomic E-state index is -0.143. The molecule has 3 rings (SSSR count). The van der Waals surface area contributed by atoms with Crippen molar-refractivity contribution in [3.63, 3.8) is 0 Å². The van der Waals surface area contributed by atoms with Gasteiger partial charge in [0.25, 0.3) is 5.91 Å². The largest absolute Gasteiger partial charge is 0.497 e. The first-order valence-corrected chi connectivity index (χ1v) is 8.64. The summed E-state index contributed by atoms with van der Waals surface area (Å²) in [5.41, 5.74) is 1.51. The van der Waals surface area contributed by atoms with Gasteiger partial charge in [0.15, 0.2) is 5.13 Å². The van der Waals surface area contributed by atoms with Crippen molar-refractivity contribution in [1.29, 1.82) is 0 Å². The monoisotopic (exact) mass is 330 g/mol. The smallest absolute Gasteiger partial charge is 0.258 e. The summed E-state index contributed by atoms with van der Waals surface area (Å²) in [5, 5.41) is 3.46. The highest BCUT2D eigenvalue weighted by Gasteiger charge is 2.13. The van der Waals surface area contributed by atoms with Crippen molar-refractivity contribution in [3.05, 3.63) is 48.0 Å². The third-order valence-electron chi connectivity index (χ3n) is 3.17. The number of carbonyl (C=O) groups is 1. The van der Waals surface area contributed by atoms with E-state index in [2.05, 4.69) is 10.3 Å². The molecule has 0 spiro atoms. The maximum Gasteiger partial charge on any atom is 0.258 e. The Bertz CT molecular complexity index is 830. The number of fused-ring (bicyclic) bond motifs is 1. The number of thiazole rings is 1. The van der Waals surface area contributed by atoms with Gasteiger partial charge < -0.3 is 4.74 Å². The van der Waals surface area contributed by atoms with Gasteiger partial charge in [0.2, 0.25) is 0 Å². The van der Waals surface area contributed by atoms with Gasteiger partial charge in [0.1, 0.15) is 5.75 Å². The highest BCUT2D eigenvalue weighted by Crippen LogP contribution is 2.30. The Labute approximate surface area is 136 Å². The molecule has 4 nitrogen and oxygen atoms in total. The molecule has 22 heavy (non-hydrogen) atoms. The van der Waals surface area contributed by atoms with Crippen LogP contribution in [-0.2, 0) is 0 Å². The summed E-state index contributed by atoms with van der Waals surface area (Å²) >= 11 is 2.98. The van der Waals surface area contributed by atoms with Gasteiger partial charge in [-0.2, -0.15) is 0 Å². The molecule has 3 aromatic rings. The predicted octanol–water partition coefficient (Wildman–Crippen LogP) is 4.28. The number of rotatable bonds is 4. The van der Waals surface area contributed by atoms with E-state index in [1.54, 1.807) is 18.9 Å². The van der Waals surface area contributed by atoms with E-state index in [1.165, 1.54) is 11.3 Å². The van der Waals surface area contributed by atoms with Gasteiger partial charge in [-0.3, -0.25) is 10.1 Å². The fourth-order valence-electron chi connectivity index (χ4n) is 2.08. The lowest BCUT2D eigenvalue weighted by atomic mass is 10.2. The van der Waals surface area contributed by atoms with Gasteiger partial charge >= 0.3 is 0 Å². The molecule has 6 heteroatoms. The van der Waals surface area contributed by atoms with E-state index in [0.29, 0.717) is 10.7 Å². The van der Waals surface area contributed by atoms with E-state index in [-0.39, 0.29) is 5.91 Å². The normalized spacial score (nSPS) is 10.6. The number of thioether (sulfide) groups is 1. The molecule has 1 amide bonds. The quantitative estimate of drug-likeness (QED) is 0.726. The molecular weight excluding hydrogens is 316 g/mol. The van der Waals surface area contributed by atoms with Gasteiger partial charge in [-0.15, -0.1) is 11.8 Å². The fourth-order valence-corrected chi connectivity index (χ4v) is 3.57. The summed E-state index contributed by atoms with van der Waals surface area (Å²) in [4.78, 5) is 17.8. The second-order valence-corrected chi connectivity index (χ2v) is 6.39. The van der Waals surface area contributed by atoms with Gasteiger partial charge in [-0.25, -0.2) is 4.98 Å². The molecular formula is C16H14N2O2S2. The van der Waals surface area contributed by atoms with E-state index in [4.69, 9.17) is 4.74 Å². The lowest BCUT2D eigenvalue weighted by Crippen LogP contribution is -2.12. The number of benzene rings is 2. The number of methoxy groups -OCH3 is 1. The van der Waals surface area contributed by atoms with E-state index in [0.717, 1.165) is 20.9 Å². The number of ether oxygens (including phenoxy) is 1. The van der Waals surface area contributed by atoms with Crippen LogP contribution in [0, 0.1) is 0 Å². The zero-order valence-electron chi connectivity index (χ0n) is 12.1. The molecule has 0 bridgehead atoms. The molecule has 112 valence electrons. The summed E-state index contributed by atoms with van der Waals surface area (Å²) < 4.78 is 6.18. The van der Waals surface area contributed by atoms with Crippen LogP contribution in [0.25, 0.3) is 10.2 Å². The second-order valence-electron chi connectivity index (χ2n) is 4.51. The van der Waals surface area contributed by atoms with Crippen molar-refractivity contribution in [2.75, 3.05) is 18.7 Å². The predicted molar refractivity (Wildman–Crippen MR) is 92.3 cm³/mol. The van der Waals surface area contributed by atoms with Crippen molar-refractivity contribution in [2.24, 2.45) is 0 Å². The molecule has 0 saturated carbocycles. The Kier molecular flexibility index (Phi) is 4.31. The van der Waals surface area contributed by atoms with Crippen molar-refractivity contribution >= 4 is 44.4 Å². The summed E-state index contributed by atoms with van der Waals surface area (Å²) in [6.07, 6.45) is 1.95. The first kappa shape index (κ1) is 14.9. The van der Waals surface area contributed by atoms with Crippen LogP contribution in [0.15, 0.2) is 47.4 Å². The maximum atomic E-state index is 12.4. The molecule has 1 aromatic heterocycles. The zero-order valence-corrected chi connectivity index (χ0v) is 13.8. The summed E-state index contributed by atoms with van der Waals surface area (Å²) in [6.45, 7) is 0. The van der Waals surface area contributed by atoms with Crippen LogP contribution >= 0.6 is 23.1 Å². The number of anilines is 1. The minimum Gasteiger partial charge on any atom is -0.497 e. The van der Waals surface area contributed by atoms with E-state index in [1.807, 2.05) is 48.7 Å². The standard InChI is InChI=1S/C16H14N2O2S2/c1-20-10-7-8-12-14(9-10)22-16(17-12)18-15(19)11-5-3-4-6-13(11)21-2/h3-9H,1-2H3,(H,17,18,19). The van der Waals surface area contributed by atoms with E-state index >= 15 is 0 Å². The molecule has 1 heterocycles. The maximum absolute atomic E-state index is 12.4. The van der Waals surface area contributed by atoms with E-state index in [9.17, 15) is 4.79 Å². The van der Waals surface area contributed by atoms with Crippen LogP contribution in [0.2, 0.25) is 0 Å². The highest BCUT2D eigenvalue weighted by molar-refractivity contribution is 7.98. The molecule has 0 aliphatic heterocycles. The average molecular weight is 330 g/mol. The minimum absolute atomic E-state index is 0.143. The van der Waals surface area contributed by atoms with Crippen LogP contribution < -0.4 is 10.1 Å². The van der Waals surface area contributed by atoms with Crippen molar-refractivity contribution in [2.45, 2.75) is 4.90 Å². The molecule has 0 fully saturated rings. The number of nitrogens with zero attached hydrogens (tertiary/aromatic N) is 1. The lowest BCUT2D eigenvalue weighted by Gasteiger charge is -2.05. The van der Waals surface area contributed by atoms with Crippen molar-refractivity contribution in [1.82, 2.24) is 4.98 Å². The van der Waals surface area contributed by atoms with Crippen molar-refractivity contribution < 1.29 is 9.53 Å². The summed E-state index contributed by atoms with van der Waals surface area (Å²) in [7, 11) is 1.63. The molecule has 0 atom stereocenters. The van der Waals surface area contributed by atoms with Crippen LogP contribution in [0.4, 0.5) is 5.13 Å². The first-order chi connectivity index (χ1) is 10.7. The number of aromatic nitrogens is 1. The number of nitrogens with one attached hydrogen (secondary N) is 1. The molecule has 0 aliphatic carbocycles. The topological polar surface area (TPSA) is 51.2 Å².